The first kappa shape index (κ1) is 9.52. The van der Waals surface area contributed by atoms with Gasteiger partial charge in [-0.05, 0) is 21.3 Å². The lowest BCUT2D eigenvalue weighted by atomic mass is 10.9. The molecule has 0 radical (unpaired) electrons. The van der Waals surface area contributed by atoms with Gasteiger partial charge >= 0.3 is 6.01 Å². The van der Waals surface area contributed by atoms with E-state index in [9.17, 15) is 0 Å². The van der Waals surface area contributed by atoms with Gasteiger partial charge in [-0.25, -0.2) is 4.98 Å². The van der Waals surface area contributed by atoms with Crippen molar-refractivity contribution in [3.63, 3.8) is 0 Å². The van der Waals surface area contributed by atoms with Crippen LogP contribution in [0.4, 0.5) is 11.9 Å². The van der Waals surface area contributed by atoms with Crippen molar-refractivity contribution in [2.75, 3.05) is 7.11 Å². The summed E-state index contributed by atoms with van der Waals surface area (Å²) in [6, 6.07) is -0.0928. The highest BCUT2D eigenvalue weighted by molar-refractivity contribution is 5.26. The van der Waals surface area contributed by atoms with Crippen molar-refractivity contribution < 1.29 is 4.74 Å². The quantitative estimate of drug-likeness (QED) is 0.408. The van der Waals surface area contributed by atoms with E-state index in [0.717, 1.165) is 0 Å². The number of ether oxygens (including phenoxy) is 1. The molecule has 0 saturated heterocycles. The zero-order valence-electron chi connectivity index (χ0n) is 6.93. The third-order valence-corrected chi connectivity index (χ3v) is 1.04. The fraction of sp³-hybridized carbons (Fsp3) is 0.250. The van der Waals surface area contributed by atoms with Crippen molar-refractivity contribution in [3.05, 3.63) is 20.9 Å². The van der Waals surface area contributed by atoms with Crippen molar-refractivity contribution in [1.29, 1.82) is 0 Å². The van der Waals surface area contributed by atoms with Crippen LogP contribution < -0.4 is 4.74 Å². The van der Waals surface area contributed by atoms with Crippen LogP contribution >= 0.6 is 0 Å². The third kappa shape index (κ3) is 2.21. The maximum absolute atomic E-state index is 8.12. The van der Waals surface area contributed by atoms with Crippen molar-refractivity contribution >= 4 is 11.9 Å². The smallest absolute Gasteiger partial charge is 0.320 e. The van der Waals surface area contributed by atoms with Crippen LogP contribution in [0.25, 0.3) is 20.9 Å². The number of rotatable bonds is 3. The number of hydrogen-bond donors (Lipinski definition) is 0. The highest BCUT2D eigenvalue weighted by Gasteiger charge is 2.02. The van der Waals surface area contributed by atoms with Gasteiger partial charge in [-0.1, -0.05) is 0 Å². The second-order valence-corrected chi connectivity index (χ2v) is 1.80. The molecule has 10 heteroatoms. The normalized spacial score (nSPS) is 8.36. The fourth-order valence-electron chi connectivity index (χ4n) is 0.596. The SMILES string of the molecule is COc1nc(N=[N+]=[N-])nc(N=[N+]=[N-])n1. The molecular weight excluding hydrogens is 190 g/mol. The second kappa shape index (κ2) is 4.45. The molecule has 0 atom stereocenters. The number of nitrogens with zero attached hydrogens (tertiary/aromatic N) is 9. The lowest BCUT2D eigenvalue weighted by molar-refractivity contribution is 0.379. The van der Waals surface area contributed by atoms with Gasteiger partial charge in [0.2, 0.25) is 11.9 Å². The first-order valence-electron chi connectivity index (χ1n) is 3.20. The molecule has 0 spiro atoms. The average Bonchev–Trinajstić information content (AvgIpc) is 2.18. The molecule has 0 unspecified atom stereocenters. The molecule has 0 amide bonds. The molecule has 1 rings (SSSR count). The minimum absolute atomic E-state index is 0.0928. The Balaban J connectivity index is 3.25. The third-order valence-electron chi connectivity index (χ3n) is 1.04. The van der Waals surface area contributed by atoms with Crippen LogP contribution in [-0.2, 0) is 0 Å². The molecule has 0 aliphatic carbocycles. The average molecular weight is 193 g/mol. The minimum Gasteiger partial charge on any atom is -0.467 e. The van der Waals surface area contributed by atoms with Crippen LogP contribution in [-0.4, -0.2) is 22.1 Å². The van der Waals surface area contributed by atoms with Crippen LogP contribution in [0, 0.1) is 0 Å². The summed E-state index contributed by atoms with van der Waals surface area (Å²) in [6.07, 6.45) is 0. The predicted octanol–water partition coefficient (Wildman–Crippen LogP) is 1.76. The highest BCUT2D eigenvalue weighted by atomic mass is 16.5. The molecule has 1 aromatic rings. The Hall–Kier alpha value is -2.57. The van der Waals surface area contributed by atoms with Gasteiger partial charge in [-0.15, -0.1) is 0 Å². The van der Waals surface area contributed by atoms with E-state index in [-0.39, 0.29) is 17.9 Å². The van der Waals surface area contributed by atoms with Crippen LogP contribution in [0.1, 0.15) is 0 Å². The highest BCUT2D eigenvalue weighted by Crippen LogP contribution is 2.14. The van der Waals surface area contributed by atoms with Gasteiger partial charge in [-0.3, -0.25) is 0 Å². The van der Waals surface area contributed by atoms with Crippen LogP contribution in [0.5, 0.6) is 6.01 Å². The standard InChI is InChI=1S/C4H3N9O/c1-14-4-8-2(10-12-5)7-3(9-4)11-13-6/h1H3. The van der Waals surface area contributed by atoms with E-state index in [1.54, 1.807) is 0 Å². The summed E-state index contributed by atoms with van der Waals surface area (Å²) in [6.45, 7) is 0. The van der Waals surface area contributed by atoms with Crippen LogP contribution in [0.3, 0.4) is 0 Å². The number of azide groups is 2. The monoisotopic (exact) mass is 193 g/mol. The number of methoxy groups -OCH3 is 1. The summed E-state index contributed by atoms with van der Waals surface area (Å²) in [4.78, 5) is 15.6. The summed E-state index contributed by atoms with van der Waals surface area (Å²) < 4.78 is 4.66. The summed E-state index contributed by atoms with van der Waals surface area (Å²) in [7, 11) is 1.31. The van der Waals surface area contributed by atoms with Gasteiger partial charge in [-0.2, -0.15) is 9.97 Å². The Morgan fingerprint density at radius 1 is 1.07 bits per heavy atom. The van der Waals surface area contributed by atoms with Crippen LogP contribution in [0.15, 0.2) is 10.2 Å². The fourth-order valence-corrected chi connectivity index (χ4v) is 0.596. The maximum atomic E-state index is 8.12. The summed E-state index contributed by atoms with van der Waals surface area (Å²) >= 11 is 0. The lowest BCUT2D eigenvalue weighted by Crippen LogP contribution is -1.93. The molecule has 0 bridgehead atoms. The molecular formula is C4H3N9O. The largest absolute Gasteiger partial charge is 0.467 e. The first-order valence-corrected chi connectivity index (χ1v) is 3.20. The molecule has 0 N–H and O–H groups in total. The molecule has 70 valence electrons. The van der Waals surface area contributed by atoms with E-state index in [0.29, 0.717) is 0 Å². The van der Waals surface area contributed by atoms with Crippen LogP contribution in [0.2, 0.25) is 0 Å². The minimum atomic E-state index is -0.221. The molecule has 14 heavy (non-hydrogen) atoms. The van der Waals surface area contributed by atoms with Gasteiger partial charge in [0, 0.05) is 9.82 Å². The molecule has 0 aliphatic rings. The van der Waals surface area contributed by atoms with Crippen molar-refractivity contribution in [2.24, 2.45) is 10.2 Å². The Bertz CT molecular complexity index is 392. The molecule has 0 aliphatic heterocycles. The molecule has 0 saturated carbocycles. The van der Waals surface area contributed by atoms with E-state index in [2.05, 4.69) is 39.7 Å². The Morgan fingerprint density at radius 3 is 1.93 bits per heavy atom. The molecule has 1 aromatic heterocycles. The van der Waals surface area contributed by atoms with Crippen molar-refractivity contribution in [3.8, 4) is 6.01 Å². The Labute approximate surface area is 76.8 Å². The molecule has 0 aromatic carbocycles. The maximum Gasteiger partial charge on any atom is 0.320 e. The van der Waals surface area contributed by atoms with Gasteiger partial charge in [0.05, 0.1) is 7.11 Å². The molecule has 1 heterocycles. The Kier molecular flexibility index (Phi) is 3.03. The van der Waals surface area contributed by atoms with Gasteiger partial charge < -0.3 is 4.74 Å². The number of aromatic nitrogens is 3. The summed E-state index contributed by atoms with van der Waals surface area (Å²) in [5.74, 6) is -0.441. The lowest BCUT2D eigenvalue weighted by Gasteiger charge is -1.97. The van der Waals surface area contributed by atoms with Gasteiger partial charge in [0.25, 0.3) is 0 Å². The van der Waals surface area contributed by atoms with Gasteiger partial charge in [0.15, 0.2) is 0 Å². The van der Waals surface area contributed by atoms with E-state index in [1.807, 2.05) is 0 Å². The Morgan fingerprint density at radius 2 is 1.57 bits per heavy atom. The summed E-state index contributed by atoms with van der Waals surface area (Å²) in [5.41, 5.74) is 16.2. The summed E-state index contributed by atoms with van der Waals surface area (Å²) in [5, 5.41) is 6.23. The van der Waals surface area contributed by atoms with Crippen molar-refractivity contribution in [2.45, 2.75) is 0 Å². The van der Waals surface area contributed by atoms with E-state index >= 15 is 0 Å². The zero-order valence-corrected chi connectivity index (χ0v) is 6.93. The topological polar surface area (TPSA) is 145 Å². The predicted molar refractivity (Wildman–Crippen MR) is 44.0 cm³/mol. The molecule has 10 nitrogen and oxygen atoms in total. The number of hydrogen-bond acceptors (Lipinski definition) is 6. The van der Waals surface area contributed by atoms with E-state index < -0.39 is 0 Å². The van der Waals surface area contributed by atoms with E-state index in [4.69, 9.17) is 11.1 Å². The van der Waals surface area contributed by atoms with Gasteiger partial charge in [0.1, 0.15) is 0 Å². The zero-order chi connectivity index (χ0) is 10.4. The molecule has 0 fully saturated rings. The van der Waals surface area contributed by atoms with Crippen molar-refractivity contribution in [1.82, 2.24) is 15.0 Å². The second-order valence-electron chi connectivity index (χ2n) is 1.80. The van der Waals surface area contributed by atoms with E-state index in [1.165, 1.54) is 7.11 Å². The first-order chi connectivity index (χ1) is 6.80.